The van der Waals surface area contributed by atoms with E-state index in [9.17, 15) is 17.6 Å². The molecule has 0 aliphatic carbocycles. The number of alkyl halides is 3. The average molecular weight is 342 g/mol. The summed E-state index contributed by atoms with van der Waals surface area (Å²) < 4.78 is 52.6. The molecule has 24 heavy (non-hydrogen) atoms. The molecule has 0 saturated heterocycles. The highest BCUT2D eigenvalue weighted by molar-refractivity contribution is 5.94. The van der Waals surface area contributed by atoms with Gasteiger partial charge in [0.25, 0.3) is 0 Å². The van der Waals surface area contributed by atoms with Gasteiger partial charge < -0.3 is 21.4 Å². The first-order chi connectivity index (χ1) is 11.3. The highest BCUT2D eigenvalue weighted by Crippen LogP contribution is 2.34. The summed E-state index contributed by atoms with van der Waals surface area (Å²) in [6.45, 7) is 0. The Morgan fingerprint density at radius 2 is 1.88 bits per heavy atom. The molecule has 0 bridgehead atoms. The van der Waals surface area contributed by atoms with Crippen LogP contribution in [0.1, 0.15) is 11.1 Å². The summed E-state index contributed by atoms with van der Waals surface area (Å²) in [7, 11) is 2.88. The van der Waals surface area contributed by atoms with Crippen LogP contribution in [0.5, 0.6) is 0 Å². The van der Waals surface area contributed by atoms with Crippen molar-refractivity contribution in [1.82, 2.24) is 9.97 Å². The van der Waals surface area contributed by atoms with E-state index in [4.69, 9.17) is 5.41 Å². The Labute approximate surface area is 134 Å². The molecule has 6 nitrogen and oxygen atoms in total. The molecule has 0 atom stereocenters. The van der Waals surface area contributed by atoms with E-state index in [0.717, 1.165) is 12.3 Å². The van der Waals surface area contributed by atoms with Gasteiger partial charge in [-0.1, -0.05) is 0 Å². The number of nitrogens with zero attached hydrogens (tertiary/aromatic N) is 2. The molecule has 2 rings (SSSR count). The number of hydrogen-bond donors (Lipinski definition) is 4. The molecule has 0 radical (unpaired) electrons. The lowest BCUT2D eigenvalue weighted by atomic mass is 10.1. The fraction of sp³-hybridized carbons (Fsp3) is 0.214. The summed E-state index contributed by atoms with van der Waals surface area (Å²) in [6.07, 6.45) is -3.10. The molecule has 2 aromatic rings. The zero-order chi connectivity index (χ0) is 17.9. The van der Waals surface area contributed by atoms with Crippen molar-refractivity contribution in [3.63, 3.8) is 0 Å². The third-order valence-corrected chi connectivity index (χ3v) is 3.18. The van der Waals surface area contributed by atoms with E-state index in [0.29, 0.717) is 11.9 Å². The van der Waals surface area contributed by atoms with Crippen molar-refractivity contribution in [2.24, 2.45) is 0 Å². The predicted molar refractivity (Wildman–Crippen MR) is 83.7 cm³/mol. The van der Waals surface area contributed by atoms with Crippen molar-refractivity contribution in [2.75, 3.05) is 30.0 Å². The molecule has 0 amide bonds. The van der Waals surface area contributed by atoms with Crippen LogP contribution in [0, 0.1) is 11.2 Å². The van der Waals surface area contributed by atoms with Crippen LogP contribution in [-0.2, 0) is 6.18 Å². The van der Waals surface area contributed by atoms with Crippen LogP contribution < -0.4 is 16.0 Å². The second kappa shape index (κ2) is 6.69. The molecule has 0 unspecified atom stereocenters. The van der Waals surface area contributed by atoms with E-state index >= 15 is 0 Å². The number of benzene rings is 1. The van der Waals surface area contributed by atoms with E-state index < -0.39 is 23.4 Å². The second-order valence-electron chi connectivity index (χ2n) is 4.61. The summed E-state index contributed by atoms with van der Waals surface area (Å²) in [4.78, 5) is 7.29. The molecule has 0 spiro atoms. The van der Waals surface area contributed by atoms with E-state index in [-0.39, 0.29) is 17.2 Å². The third-order valence-electron chi connectivity index (χ3n) is 3.18. The van der Waals surface area contributed by atoms with Gasteiger partial charge in [0.1, 0.15) is 17.2 Å². The number of anilines is 4. The first-order valence-electron chi connectivity index (χ1n) is 6.71. The first kappa shape index (κ1) is 17.4. The molecule has 0 saturated carbocycles. The van der Waals surface area contributed by atoms with Crippen molar-refractivity contribution < 1.29 is 17.6 Å². The molecule has 1 aromatic heterocycles. The van der Waals surface area contributed by atoms with Crippen LogP contribution in [0.25, 0.3) is 0 Å². The van der Waals surface area contributed by atoms with Crippen molar-refractivity contribution >= 4 is 29.4 Å². The number of rotatable bonds is 5. The summed E-state index contributed by atoms with van der Waals surface area (Å²) in [5.74, 6) is -1.37. The van der Waals surface area contributed by atoms with Gasteiger partial charge in [-0.25, -0.2) is 9.37 Å². The van der Waals surface area contributed by atoms with Gasteiger partial charge in [0.05, 0.1) is 5.69 Å². The van der Waals surface area contributed by atoms with Crippen molar-refractivity contribution in [1.29, 1.82) is 5.41 Å². The number of nitrogens with one attached hydrogen (secondary N) is 4. The molecule has 4 N–H and O–H groups in total. The SMILES string of the molecule is CNc1ccc(F)c(Nc2ncc(C(F)(F)F)c(NC)n2)c1C=N. The summed E-state index contributed by atoms with van der Waals surface area (Å²) in [5.41, 5.74) is -0.493. The van der Waals surface area contributed by atoms with Gasteiger partial charge in [0.15, 0.2) is 0 Å². The smallest absolute Gasteiger partial charge is 0.388 e. The maximum atomic E-state index is 14.0. The standard InChI is InChI=1S/C14H14F4N6/c1-20-10-4-3-9(15)11(7(10)5-19)23-13-22-6-8(14(16,17)18)12(21-2)24-13/h3-6,19-20H,1-2H3,(H2,21,22,23,24). The van der Waals surface area contributed by atoms with Gasteiger partial charge in [-0.3, -0.25) is 0 Å². The Bertz CT molecular complexity index is 760. The monoisotopic (exact) mass is 342 g/mol. The summed E-state index contributed by atoms with van der Waals surface area (Å²) in [6, 6.07) is 2.59. The van der Waals surface area contributed by atoms with Crippen LogP contribution in [0.3, 0.4) is 0 Å². The zero-order valence-electron chi connectivity index (χ0n) is 12.7. The minimum atomic E-state index is -4.62. The predicted octanol–water partition coefficient (Wildman–Crippen LogP) is 3.46. The largest absolute Gasteiger partial charge is 0.421 e. The molecule has 128 valence electrons. The van der Waals surface area contributed by atoms with Crippen molar-refractivity contribution in [3.05, 3.63) is 35.3 Å². The van der Waals surface area contributed by atoms with E-state index in [2.05, 4.69) is 25.9 Å². The quantitative estimate of drug-likeness (QED) is 0.494. The highest BCUT2D eigenvalue weighted by Gasteiger charge is 2.35. The maximum absolute atomic E-state index is 14.0. The Morgan fingerprint density at radius 3 is 2.42 bits per heavy atom. The molecular formula is C14H14F4N6. The highest BCUT2D eigenvalue weighted by atomic mass is 19.4. The van der Waals surface area contributed by atoms with Gasteiger partial charge in [-0.2, -0.15) is 18.2 Å². The molecule has 1 heterocycles. The van der Waals surface area contributed by atoms with Gasteiger partial charge in [-0.15, -0.1) is 0 Å². The molecular weight excluding hydrogens is 328 g/mol. The lowest BCUT2D eigenvalue weighted by molar-refractivity contribution is -0.137. The van der Waals surface area contributed by atoms with Gasteiger partial charge in [-0.05, 0) is 12.1 Å². The Hall–Kier alpha value is -2.91. The number of halogens is 4. The molecule has 0 aliphatic rings. The third kappa shape index (κ3) is 3.36. The topological polar surface area (TPSA) is 85.7 Å². The van der Waals surface area contributed by atoms with Crippen LogP contribution in [0.4, 0.5) is 40.7 Å². The Morgan fingerprint density at radius 1 is 1.17 bits per heavy atom. The lowest BCUT2D eigenvalue weighted by Crippen LogP contribution is -2.13. The van der Waals surface area contributed by atoms with E-state index in [1.54, 1.807) is 7.05 Å². The molecule has 0 fully saturated rings. The second-order valence-corrected chi connectivity index (χ2v) is 4.61. The Balaban J connectivity index is 2.48. The van der Waals surface area contributed by atoms with Gasteiger partial charge in [0.2, 0.25) is 5.95 Å². The van der Waals surface area contributed by atoms with Crippen molar-refractivity contribution in [3.8, 4) is 0 Å². The van der Waals surface area contributed by atoms with Gasteiger partial charge >= 0.3 is 6.18 Å². The molecule has 1 aromatic carbocycles. The fourth-order valence-electron chi connectivity index (χ4n) is 2.04. The van der Waals surface area contributed by atoms with Crippen LogP contribution >= 0.6 is 0 Å². The summed E-state index contributed by atoms with van der Waals surface area (Å²) >= 11 is 0. The van der Waals surface area contributed by atoms with Crippen LogP contribution in [0.15, 0.2) is 18.3 Å². The van der Waals surface area contributed by atoms with Crippen LogP contribution in [0.2, 0.25) is 0 Å². The average Bonchev–Trinajstić information content (AvgIpc) is 2.55. The van der Waals surface area contributed by atoms with Crippen LogP contribution in [-0.4, -0.2) is 30.3 Å². The van der Waals surface area contributed by atoms with E-state index in [1.807, 2.05) is 0 Å². The Kier molecular flexibility index (Phi) is 4.86. The normalized spacial score (nSPS) is 11.1. The minimum absolute atomic E-state index is 0.112. The van der Waals surface area contributed by atoms with Gasteiger partial charge in [0, 0.05) is 37.8 Å². The maximum Gasteiger partial charge on any atom is 0.421 e. The lowest BCUT2D eigenvalue weighted by Gasteiger charge is -2.15. The first-order valence-corrected chi connectivity index (χ1v) is 6.71. The zero-order valence-corrected chi connectivity index (χ0v) is 12.7. The van der Waals surface area contributed by atoms with Crippen molar-refractivity contribution in [2.45, 2.75) is 6.18 Å². The fourth-order valence-corrected chi connectivity index (χ4v) is 2.04. The van der Waals surface area contributed by atoms with E-state index in [1.165, 1.54) is 13.1 Å². The molecule has 0 aliphatic heterocycles. The summed E-state index contributed by atoms with van der Waals surface area (Å²) in [5, 5.41) is 15.1. The number of hydrogen-bond acceptors (Lipinski definition) is 6. The molecule has 10 heteroatoms. The minimum Gasteiger partial charge on any atom is -0.388 e. The number of aromatic nitrogens is 2.